The number of furan rings is 1. The standard InChI is InChI=1S/C23H33N3O6S/c1-6-8-20(22(28)25-23(2,3)4)26(16-18-9-7-14-32-18)21(27)15-24-33(29,30)19-12-10-17(31-5)11-13-19/h7,9-14,20,24H,6,8,15-16H2,1-5H3,(H,25,28)/t20-/m0/s1. The first kappa shape index (κ1) is 26.4. The molecule has 0 saturated carbocycles. The third kappa shape index (κ3) is 7.90. The zero-order valence-corrected chi connectivity index (χ0v) is 20.6. The Bertz CT molecular complexity index is 1010. The molecule has 2 aromatic rings. The van der Waals surface area contributed by atoms with Gasteiger partial charge in [-0.2, -0.15) is 0 Å². The number of nitrogens with zero attached hydrogens (tertiary/aromatic N) is 1. The highest BCUT2D eigenvalue weighted by Gasteiger charge is 2.32. The zero-order chi connectivity index (χ0) is 24.6. The van der Waals surface area contributed by atoms with E-state index in [-0.39, 0.29) is 17.3 Å². The van der Waals surface area contributed by atoms with Crippen molar-refractivity contribution < 1.29 is 27.2 Å². The van der Waals surface area contributed by atoms with Crippen LogP contribution in [0, 0.1) is 0 Å². The van der Waals surface area contributed by atoms with E-state index in [0.717, 1.165) is 0 Å². The molecule has 0 aliphatic carbocycles. The smallest absolute Gasteiger partial charge is 0.243 e. The fraction of sp³-hybridized carbons (Fsp3) is 0.478. The maximum Gasteiger partial charge on any atom is 0.243 e. The summed E-state index contributed by atoms with van der Waals surface area (Å²) in [6, 6.07) is 8.44. The van der Waals surface area contributed by atoms with Gasteiger partial charge >= 0.3 is 0 Å². The average molecular weight is 480 g/mol. The number of hydrogen-bond donors (Lipinski definition) is 2. The summed E-state index contributed by atoms with van der Waals surface area (Å²) in [7, 11) is -2.46. The minimum atomic E-state index is -3.94. The van der Waals surface area contributed by atoms with Crippen molar-refractivity contribution >= 4 is 21.8 Å². The normalized spacial score (nSPS) is 12.8. The maximum atomic E-state index is 13.2. The van der Waals surface area contributed by atoms with Crippen LogP contribution in [0.5, 0.6) is 5.75 Å². The molecule has 1 aromatic heterocycles. The van der Waals surface area contributed by atoms with Gasteiger partial charge < -0.3 is 19.4 Å². The number of rotatable bonds is 11. The Balaban J connectivity index is 2.23. The summed E-state index contributed by atoms with van der Waals surface area (Å²) in [5.41, 5.74) is -0.488. The van der Waals surface area contributed by atoms with Gasteiger partial charge in [0.25, 0.3) is 0 Å². The van der Waals surface area contributed by atoms with Crippen LogP contribution in [0.2, 0.25) is 0 Å². The van der Waals surface area contributed by atoms with Crippen molar-refractivity contribution in [3.05, 3.63) is 48.4 Å². The largest absolute Gasteiger partial charge is 0.497 e. The van der Waals surface area contributed by atoms with Gasteiger partial charge in [-0.15, -0.1) is 0 Å². The Hall–Kier alpha value is -2.85. The lowest BCUT2D eigenvalue weighted by Crippen LogP contribution is -2.55. The zero-order valence-electron chi connectivity index (χ0n) is 19.8. The quantitative estimate of drug-likeness (QED) is 0.512. The van der Waals surface area contributed by atoms with Crippen LogP contribution in [0.4, 0.5) is 0 Å². The van der Waals surface area contributed by atoms with Crippen LogP contribution in [-0.2, 0) is 26.2 Å². The van der Waals surface area contributed by atoms with Crippen molar-refractivity contribution in [2.45, 2.75) is 63.6 Å². The molecule has 0 aliphatic heterocycles. The Morgan fingerprint density at radius 2 is 1.82 bits per heavy atom. The summed E-state index contributed by atoms with van der Waals surface area (Å²) in [4.78, 5) is 27.6. The minimum Gasteiger partial charge on any atom is -0.497 e. The summed E-state index contributed by atoms with van der Waals surface area (Å²) < 4.78 is 38.1. The van der Waals surface area contributed by atoms with E-state index in [0.29, 0.717) is 24.4 Å². The molecule has 0 bridgehead atoms. The summed E-state index contributed by atoms with van der Waals surface area (Å²) >= 11 is 0. The molecule has 2 N–H and O–H groups in total. The number of hydrogen-bond acceptors (Lipinski definition) is 6. The van der Waals surface area contributed by atoms with E-state index in [4.69, 9.17) is 9.15 Å². The van der Waals surface area contributed by atoms with Crippen molar-refractivity contribution in [3.8, 4) is 5.75 Å². The second kappa shape index (κ2) is 11.3. The number of amides is 2. The predicted octanol–water partition coefficient (Wildman–Crippen LogP) is 2.68. The number of sulfonamides is 1. The van der Waals surface area contributed by atoms with Gasteiger partial charge in [0.2, 0.25) is 21.8 Å². The molecule has 2 amide bonds. The van der Waals surface area contributed by atoms with Crippen LogP contribution < -0.4 is 14.8 Å². The summed E-state index contributed by atoms with van der Waals surface area (Å²) in [6.07, 6.45) is 2.55. The van der Waals surface area contributed by atoms with Crippen molar-refractivity contribution in [1.29, 1.82) is 0 Å². The highest BCUT2D eigenvalue weighted by Crippen LogP contribution is 2.17. The average Bonchev–Trinajstić information content (AvgIpc) is 3.26. The van der Waals surface area contributed by atoms with Gasteiger partial charge in [-0.25, -0.2) is 13.1 Å². The molecule has 0 aliphatic rings. The topological polar surface area (TPSA) is 118 Å². The number of ether oxygens (including phenoxy) is 1. The molecule has 1 aromatic carbocycles. The first-order chi connectivity index (χ1) is 15.5. The van der Waals surface area contributed by atoms with E-state index in [1.165, 1.54) is 42.5 Å². The van der Waals surface area contributed by atoms with Crippen LogP contribution in [0.15, 0.2) is 52.0 Å². The molecular formula is C23H33N3O6S. The molecule has 0 unspecified atom stereocenters. The van der Waals surface area contributed by atoms with Crippen LogP contribution in [0.3, 0.4) is 0 Å². The van der Waals surface area contributed by atoms with Crippen LogP contribution >= 0.6 is 0 Å². The van der Waals surface area contributed by atoms with E-state index < -0.39 is 34.1 Å². The van der Waals surface area contributed by atoms with Crippen LogP contribution in [0.1, 0.15) is 46.3 Å². The summed E-state index contributed by atoms with van der Waals surface area (Å²) in [5.74, 6) is 0.168. The predicted molar refractivity (Wildman–Crippen MR) is 124 cm³/mol. The Kier molecular flexibility index (Phi) is 9.07. The van der Waals surface area contributed by atoms with Gasteiger partial charge in [0.15, 0.2) is 0 Å². The molecule has 0 saturated heterocycles. The number of nitrogens with one attached hydrogen (secondary N) is 2. The first-order valence-electron chi connectivity index (χ1n) is 10.7. The number of carbonyl (C=O) groups is 2. The van der Waals surface area contributed by atoms with Gasteiger partial charge in [-0.1, -0.05) is 13.3 Å². The molecular weight excluding hydrogens is 446 g/mol. The summed E-state index contributed by atoms with van der Waals surface area (Å²) in [6.45, 7) is 7.02. The highest BCUT2D eigenvalue weighted by molar-refractivity contribution is 7.89. The lowest BCUT2D eigenvalue weighted by Gasteiger charge is -2.33. The van der Waals surface area contributed by atoms with E-state index in [9.17, 15) is 18.0 Å². The van der Waals surface area contributed by atoms with E-state index in [1.54, 1.807) is 12.1 Å². The van der Waals surface area contributed by atoms with Gasteiger partial charge in [-0.3, -0.25) is 9.59 Å². The molecule has 33 heavy (non-hydrogen) atoms. The SMILES string of the molecule is CCC[C@@H](C(=O)NC(C)(C)C)N(Cc1ccco1)C(=O)CNS(=O)(=O)c1ccc(OC)cc1. The van der Waals surface area contributed by atoms with Crippen molar-refractivity contribution in [2.75, 3.05) is 13.7 Å². The third-order valence-electron chi connectivity index (χ3n) is 4.75. The molecule has 182 valence electrons. The van der Waals surface area contributed by atoms with Crippen LogP contribution in [-0.4, -0.2) is 50.4 Å². The monoisotopic (exact) mass is 479 g/mol. The first-order valence-corrected chi connectivity index (χ1v) is 12.2. The lowest BCUT2D eigenvalue weighted by molar-refractivity contribution is -0.141. The Morgan fingerprint density at radius 3 is 2.33 bits per heavy atom. The van der Waals surface area contributed by atoms with Crippen molar-refractivity contribution in [3.63, 3.8) is 0 Å². The molecule has 1 heterocycles. The molecule has 0 radical (unpaired) electrons. The summed E-state index contributed by atoms with van der Waals surface area (Å²) in [5, 5.41) is 2.91. The third-order valence-corrected chi connectivity index (χ3v) is 6.17. The van der Waals surface area contributed by atoms with Crippen molar-refractivity contribution in [2.24, 2.45) is 0 Å². The Labute approximate surface area is 195 Å². The number of benzene rings is 1. The number of carbonyl (C=O) groups excluding carboxylic acids is 2. The fourth-order valence-electron chi connectivity index (χ4n) is 3.19. The number of methoxy groups -OCH3 is 1. The molecule has 2 rings (SSSR count). The van der Waals surface area contributed by atoms with E-state index in [1.807, 2.05) is 27.7 Å². The highest BCUT2D eigenvalue weighted by atomic mass is 32.2. The molecule has 1 atom stereocenters. The van der Waals surface area contributed by atoms with Crippen molar-refractivity contribution in [1.82, 2.24) is 14.9 Å². The van der Waals surface area contributed by atoms with Gasteiger partial charge in [0.05, 0.1) is 31.4 Å². The molecule has 9 nitrogen and oxygen atoms in total. The van der Waals surface area contributed by atoms with E-state index >= 15 is 0 Å². The fourth-order valence-corrected chi connectivity index (χ4v) is 4.17. The van der Waals surface area contributed by atoms with E-state index in [2.05, 4.69) is 10.0 Å². The van der Waals surface area contributed by atoms with Gasteiger partial charge in [-0.05, 0) is 63.6 Å². The van der Waals surface area contributed by atoms with Crippen LogP contribution in [0.25, 0.3) is 0 Å². The molecule has 0 spiro atoms. The lowest BCUT2D eigenvalue weighted by atomic mass is 10.0. The molecule has 10 heteroatoms. The van der Waals surface area contributed by atoms with Gasteiger partial charge in [0, 0.05) is 5.54 Å². The Morgan fingerprint density at radius 1 is 1.15 bits per heavy atom. The second-order valence-corrected chi connectivity index (χ2v) is 10.4. The minimum absolute atomic E-state index is 0.00395. The second-order valence-electron chi connectivity index (χ2n) is 8.64. The molecule has 0 fully saturated rings. The van der Waals surface area contributed by atoms with Gasteiger partial charge in [0.1, 0.15) is 17.6 Å². The maximum absolute atomic E-state index is 13.2.